The molecule has 0 aromatic carbocycles. The molecule has 202 valence electrons. The molecule has 2 aliphatic carbocycles. The molecular weight excluding hydrogens is 440 g/mol. The summed E-state index contributed by atoms with van der Waals surface area (Å²) in [6.07, 6.45) is 13.7. The van der Waals surface area contributed by atoms with E-state index in [1.54, 1.807) is 0 Å². The smallest absolute Gasteiger partial charge is 0.216 e. The Hall–Kier alpha value is -0.280. The van der Waals surface area contributed by atoms with Gasteiger partial charge in [0.25, 0.3) is 0 Å². The minimum atomic E-state index is -0.733. The highest BCUT2D eigenvalue weighted by atomic mass is 16.6. The molecule has 3 aliphatic heterocycles. The van der Waals surface area contributed by atoms with Gasteiger partial charge in [0, 0.05) is 38.3 Å². The van der Waals surface area contributed by atoms with Gasteiger partial charge in [-0.25, -0.2) is 0 Å². The zero-order valence-electron chi connectivity index (χ0n) is 22.2. The van der Waals surface area contributed by atoms with Crippen molar-refractivity contribution in [1.29, 1.82) is 0 Å². The van der Waals surface area contributed by atoms with E-state index in [0.717, 1.165) is 76.7 Å². The minimum Gasteiger partial charge on any atom is -0.379 e. The van der Waals surface area contributed by atoms with Crippen molar-refractivity contribution in [2.45, 2.75) is 102 Å². The van der Waals surface area contributed by atoms with Crippen LogP contribution in [0.25, 0.3) is 0 Å². The van der Waals surface area contributed by atoms with Crippen LogP contribution in [0.5, 0.6) is 0 Å². The van der Waals surface area contributed by atoms with E-state index in [-0.39, 0.29) is 0 Å². The lowest BCUT2D eigenvalue weighted by molar-refractivity contribution is -0.211. The summed E-state index contributed by atoms with van der Waals surface area (Å²) in [5.74, 6) is 2.93. The first-order valence-electron chi connectivity index (χ1n) is 15.1. The zero-order chi connectivity index (χ0) is 24.0. The molecule has 0 amide bonds. The van der Waals surface area contributed by atoms with Gasteiger partial charge in [0.15, 0.2) is 0 Å². The monoisotopic (exact) mass is 492 g/mol. The molecule has 0 aromatic heterocycles. The number of hydrogen-bond acceptors (Lipinski definition) is 7. The number of morpholine rings is 1. The Balaban J connectivity index is 1.20. The van der Waals surface area contributed by atoms with Crippen LogP contribution >= 0.6 is 0 Å². The van der Waals surface area contributed by atoms with E-state index in [9.17, 15) is 5.11 Å². The van der Waals surface area contributed by atoms with Crippen molar-refractivity contribution in [1.82, 2.24) is 20.4 Å². The summed E-state index contributed by atoms with van der Waals surface area (Å²) >= 11 is 0. The second-order valence-electron chi connectivity index (χ2n) is 12.1. The summed E-state index contributed by atoms with van der Waals surface area (Å²) < 4.78 is 11.4. The van der Waals surface area contributed by atoms with Gasteiger partial charge < -0.3 is 19.9 Å². The van der Waals surface area contributed by atoms with Crippen LogP contribution in [-0.2, 0) is 9.47 Å². The normalized spacial score (nSPS) is 40.5. The molecule has 5 rings (SSSR count). The Morgan fingerprint density at radius 1 is 1.00 bits per heavy atom. The molecule has 7 nitrogen and oxygen atoms in total. The van der Waals surface area contributed by atoms with E-state index in [1.165, 1.54) is 57.8 Å². The van der Waals surface area contributed by atoms with Crippen LogP contribution in [0.2, 0.25) is 0 Å². The van der Waals surface area contributed by atoms with Gasteiger partial charge in [-0.3, -0.25) is 15.1 Å². The van der Waals surface area contributed by atoms with E-state index in [1.807, 2.05) is 0 Å². The van der Waals surface area contributed by atoms with Crippen molar-refractivity contribution in [3.63, 3.8) is 0 Å². The molecule has 0 bridgehead atoms. The third-order valence-corrected chi connectivity index (χ3v) is 10.0. The maximum absolute atomic E-state index is 10.8. The lowest BCUT2D eigenvalue weighted by Crippen LogP contribution is -2.60. The predicted octanol–water partition coefficient (Wildman–Crippen LogP) is 2.99. The number of likely N-dealkylation sites (tertiary alicyclic amines) is 1. The number of nitrogens with zero attached hydrogens (tertiary/aromatic N) is 2. The predicted molar refractivity (Wildman–Crippen MR) is 139 cm³/mol. The van der Waals surface area contributed by atoms with Gasteiger partial charge in [0.05, 0.1) is 26.0 Å². The summed E-state index contributed by atoms with van der Waals surface area (Å²) in [7, 11) is 0. The number of nitrogens with one attached hydrogen (secondary N) is 2. The number of ether oxygens (including phenoxy) is 2. The molecule has 35 heavy (non-hydrogen) atoms. The molecule has 3 saturated heterocycles. The molecule has 5 aliphatic rings. The number of rotatable bonds is 8. The molecule has 5 fully saturated rings. The lowest BCUT2D eigenvalue weighted by atomic mass is 9.62. The van der Waals surface area contributed by atoms with Crippen LogP contribution in [0.4, 0.5) is 0 Å². The third-order valence-electron chi connectivity index (χ3n) is 10.0. The molecule has 3 N–H and O–H groups in total. The van der Waals surface area contributed by atoms with Gasteiger partial charge in [-0.05, 0) is 94.4 Å². The van der Waals surface area contributed by atoms with E-state index >= 15 is 0 Å². The first-order chi connectivity index (χ1) is 17.2. The van der Waals surface area contributed by atoms with Crippen molar-refractivity contribution in [3.05, 3.63) is 0 Å². The maximum Gasteiger partial charge on any atom is 0.216 e. The van der Waals surface area contributed by atoms with Crippen molar-refractivity contribution in [2.75, 3.05) is 52.5 Å². The number of hydrogen-bond donors (Lipinski definition) is 3. The van der Waals surface area contributed by atoms with E-state index in [0.29, 0.717) is 30.7 Å². The fraction of sp³-hybridized carbons (Fsp3) is 1.00. The summed E-state index contributed by atoms with van der Waals surface area (Å²) in [4.78, 5) is 4.91. The van der Waals surface area contributed by atoms with Crippen molar-refractivity contribution in [3.8, 4) is 0 Å². The fourth-order valence-corrected chi connectivity index (χ4v) is 8.05. The number of fused-ring (bicyclic) bond motifs is 3. The van der Waals surface area contributed by atoms with Crippen molar-refractivity contribution >= 4 is 0 Å². The highest BCUT2D eigenvalue weighted by Crippen LogP contribution is 2.47. The third kappa shape index (κ3) is 6.60. The standard InChI is InChI=1S/C28H52N4O3/c1-2-3-17-35-28(33)32-14-12-21-6-7-22-5-4-13-29-27(26(22)25(21)20-32)30-23-8-10-24(11-9-23)31-15-18-34-19-16-31/h21-30,33H,2-20H2,1H3. The van der Waals surface area contributed by atoms with Crippen LogP contribution in [-0.4, -0.2) is 92.1 Å². The molecule has 0 radical (unpaired) electrons. The van der Waals surface area contributed by atoms with Gasteiger partial charge in [-0.1, -0.05) is 13.3 Å². The Bertz CT molecular complexity index is 625. The molecular formula is C28H52N4O3. The minimum absolute atomic E-state index is 0.415. The van der Waals surface area contributed by atoms with Gasteiger partial charge in [-0.2, -0.15) is 0 Å². The van der Waals surface area contributed by atoms with Gasteiger partial charge in [-0.15, -0.1) is 0 Å². The Labute approximate surface area is 213 Å². The first-order valence-corrected chi connectivity index (χ1v) is 15.1. The van der Waals surface area contributed by atoms with Gasteiger partial charge in [0.2, 0.25) is 6.41 Å². The maximum atomic E-state index is 10.8. The number of aliphatic hydroxyl groups excluding tert-OH is 1. The molecule has 6 atom stereocenters. The Kier molecular flexibility index (Phi) is 9.77. The Morgan fingerprint density at radius 2 is 1.80 bits per heavy atom. The van der Waals surface area contributed by atoms with Crippen LogP contribution in [0.15, 0.2) is 0 Å². The van der Waals surface area contributed by atoms with Crippen molar-refractivity contribution < 1.29 is 14.6 Å². The van der Waals surface area contributed by atoms with Crippen LogP contribution in [0.1, 0.15) is 77.6 Å². The lowest BCUT2D eigenvalue weighted by Gasteiger charge is -2.51. The van der Waals surface area contributed by atoms with Crippen LogP contribution < -0.4 is 10.6 Å². The molecule has 0 spiro atoms. The highest BCUT2D eigenvalue weighted by molar-refractivity contribution is 4.99. The summed E-state index contributed by atoms with van der Waals surface area (Å²) in [6, 6.07) is 1.39. The first kappa shape index (κ1) is 26.3. The molecule has 3 heterocycles. The molecule has 7 heteroatoms. The fourth-order valence-electron chi connectivity index (χ4n) is 8.05. The van der Waals surface area contributed by atoms with Crippen LogP contribution in [0.3, 0.4) is 0 Å². The number of unbranched alkanes of at least 4 members (excludes halogenated alkanes) is 1. The summed E-state index contributed by atoms with van der Waals surface area (Å²) in [5, 5.41) is 18.9. The Morgan fingerprint density at radius 3 is 2.60 bits per heavy atom. The molecule has 0 aromatic rings. The van der Waals surface area contributed by atoms with Gasteiger partial charge in [0.1, 0.15) is 0 Å². The second-order valence-corrected chi connectivity index (χ2v) is 12.1. The number of aliphatic hydroxyl groups is 1. The molecule has 2 saturated carbocycles. The van der Waals surface area contributed by atoms with E-state index < -0.39 is 6.41 Å². The molecule has 6 unspecified atom stereocenters. The van der Waals surface area contributed by atoms with Crippen molar-refractivity contribution in [2.24, 2.45) is 23.7 Å². The summed E-state index contributed by atoms with van der Waals surface area (Å²) in [5.41, 5.74) is 0. The summed E-state index contributed by atoms with van der Waals surface area (Å²) in [6.45, 7) is 9.98. The zero-order valence-corrected chi connectivity index (χ0v) is 22.2. The topological polar surface area (TPSA) is 69.2 Å². The van der Waals surface area contributed by atoms with E-state index in [4.69, 9.17) is 9.47 Å². The second kappa shape index (κ2) is 13.0. The highest BCUT2D eigenvalue weighted by Gasteiger charge is 2.47. The van der Waals surface area contributed by atoms with Crippen LogP contribution in [0, 0.1) is 23.7 Å². The van der Waals surface area contributed by atoms with E-state index in [2.05, 4.69) is 27.4 Å². The largest absolute Gasteiger partial charge is 0.379 e. The van der Waals surface area contributed by atoms with Gasteiger partial charge >= 0.3 is 0 Å². The average Bonchev–Trinajstić information content (AvgIpc) is 3.11. The quantitative estimate of drug-likeness (QED) is 0.355. The SMILES string of the molecule is CCCCOC(O)N1CCC2CCC3CCCNC(NC4CCC(N5CCOCC5)CC4)C3C2C1. The average molecular weight is 493 g/mol. The number of piperidine rings is 1.